The Hall–Kier alpha value is -1.77. The van der Waals surface area contributed by atoms with Gasteiger partial charge in [0, 0.05) is 18.3 Å². The van der Waals surface area contributed by atoms with Crippen LogP contribution in [-0.4, -0.2) is 59.5 Å². The summed E-state index contributed by atoms with van der Waals surface area (Å²) in [6.07, 6.45) is 0. The highest BCUT2D eigenvalue weighted by Gasteiger charge is 2.24. The Bertz CT molecular complexity index is 413. The monoisotopic (exact) mass is 303 g/mol. The number of esters is 1. The number of nitrogens with zero attached hydrogens (tertiary/aromatic N) is 1. The Labute approximate surface area is 120 Å². The Kier molecular flexibility index (Phi) is 6.29. The maximum atomic E-state index is 11.4. The molecule has 0 spiro atoms. The zero-order chi connectivity index (χ0) is 15.1. The molecule has 112 valence electrons. The molecule has 4 amide bonds. The summed E-state index contributed by atoms with van der Waals surface area (Å²) in [5.41, 5.74) is 0. The summed E-state index contributed by atoms with van der Waals surface area (Å²) in [7, 11) is 0. The molecule has 2 N–H and O–H groups in total. The molecule has 0 atom stereocenters. The molecule has 8 nitrogen and oxygen atoms in total. The van der Waals surface area contributed by atoms with Gasteiger partial charge in [0.15, 0.2) is 6.61 Å². The van der Waals surface area contributed by atoms with E-state index in [1.165, 1.54) is 4.90 Å². The van der Waals surface area contributed by atoms with Gasteiger partial charge in [-0.15, -0.1) is 0 Å². The molecule has 20 heavy (non-hydrogen) atoms. The molecule has 1 heterocycles. The molecule has 1 fully saturated rings. The van der Waals surface area contributed by atoms with Gasteiger partial charge in [-0.2, -0.15) is 0 Å². The van der Waals surface area contributed by atoms with Crippen LogP contribution in [0.15, 0.2) is 0 Å². The van der Waals surface area contributed by atoms with Crippen molar-refractivity contribution in [1.82, 2.24) is 15.5 Å². The molecular formula is C11H17N3O5S. The quantitative estimate of drug-likeness (QED) is 0.689. The summed E-state index contributed by atoms with van der Waals surface area (Å²) in [4.78, 5) is 46.5. The summed E-state index contributed by atoms with van der Waals surface area (Å²) in [6, 6.07) is -0.754. The van der Waals surface area contributed by atoms with E-state index in [-0.39, 0.29) is 17.8 Å². The lowest BCUT2D eigenvalue weighted by atomic mass is 10.4. The van der Waals surface area contributed by atoms with Gasteiger partial charge in [-0.1, -0.05) is 11.8 Å². The maximum absolute atomic E-state index is 11.4. The van der Waals surface area contributed by atoms with Crippen molar-refractivity contribution in [2.45, 2.75) is 19.9 Å². The van der Waals surface area contributed by atoms with Crippen LogP contribution in [0.25, 0.3) is 0 Å². The van der Waals surface area contributed by atoms with Crippen molar-refractivity contribution in [3.05, 3.63) is 0 Å². The van der Waals surface area contributed by atoms with Crippen molar-refractivity contribution >= 4 is 34.9 Å². The number of carbonyl (C=O) groups is 4. The number of urea groups is 1. The summed E-state index contributed by atoms with van der Waals surface area (Å²) in [5, 5.41) is 4.30. The summed E-state index contributed by atoms with van der Waals surface area (Å²) < 4.78 is 4.69. The summed E-state index contributed by atoms with van der Waals surface area (Å²) >= 11 is 1.13. The molecule has 0 radical (unpaired) electrons. The standard InChI is InChI=1S/C11H17N3O5S/c1-7(2)12-10(17)13-8(15)6-19-9(16)5-14-3-4-20-11(14)18/h7H,3-6H2,1-2H3,(H2,12,13,15,17). The van der Waals surface area contributed by atoms with E-state index < -0.39 is 24.5 Å². The van der Waals surface area contributed by atoms with Crippen molar-refractivity contribution < 1.29 is 23.9 Å². The van der Waals surface area contributed by atoms with Gasteiger partial charge in [0.2, 0.25) is 0 Å². The number of nitrogens with one attached hydrogen (secondary N) is 2. The highest BCUT2D eigenvalue weighted by molar-refractivity contribution is 8.13. The average Bonchev–Trinajstić information content (AvgIpc) is 2.71. The van der Waals surface area contributed by atoms with Crippen molar-refractivity contribution in [3.63, 3.8) is 0 Å². The zero-order valence-corrected chi connectivity index (χ0v) is 12.1. The molecular weight excluding hydrogens is 286 g/mol. The molecule has 0 aromatic carbocycles. The second-order valence-corrected chi connectivity index (χ2v) is 5.42. The average molecular weight is 303 g/mol. The van der Waals surface area contributed by atoms with E-state index in [0.717, 1.165) is 11.8 Å². The van der Waals surface area contributed by atoms with Crippen molar-refractivity contribution in [1.29, 1.82) is 0 Å². The summed E-state index contributed by atoms with van der Waals surface area (Å²) in [5.74, 6) is -0.763. The second-order valence-electron chi connectivity index (χ2n) is 4.37. The second kappa shape index (κ2) is 7.73. The lowest BCUT2D eigenvalue weighted by molar-refractivity contribution is -0.148. The van der Waals surface area contributed by atoms with E-state index >= 15 is 0 Å². The molecule has 0 aromatic rings. The number of amides is 4. The number of carbonyl (C=O) groups excluding carboxylic acids is 4. The minimum atomic E-state index is -0.723. The minimum Gasteiger partial charge on any atom is -0.454 e. The third kappa shape index (κ3) is 5.91. The Morgan fingerprint density at radius 2 is 2.10 bits per heavy atom. The first-order chi connectivity index (χ1) is 9.38. The number of ether oxygens (including phenoxy) is 1. The van der Waals surface area contributed by atoms with Gasteiger partial charge < -0.3 is 15.0 Å². The highest BCUT2D eigenvalue weighted by Crippen LogP contribution is 2.16. The first kappa shape index (κ1) is 16.3. The van der Waals surface area contributed by atoms with E-state index in [1.54, 1.807) is 13.8 Å². The Morgan fingerprint density at radius 1 is 1.40 bits per heavy atom. The molecule has 1 aliphatic heterocycles. The lowest BCUT2D eigenvalue weighted by Gasteiger charge is -2.13. The van der Waals surface area contributed by atoms with Gasteiger partial charge in [-0.3, -0.25) is 19.7 Å². The fourth-order valence-electron chi connectivity index (χ4n) is 1.38. The van der Waals surface area contributed by atoms with E-state index in [2.05, 4.69) is 10.1 Å². The largest absolute Gasteiger partial charge is 0.454 e. The number of hydrogen-bond acceptors (Lipinski definition) is 6. The van der Waals surface area contributed by atoms with Gasteiger partial charge in [-0.05, 0) is 13.8 Å². The van der Waals surface area contributed by atoms with Crippen LogP contribution in [0.2, 0.25) is 0 Å². The number of hydrogen-bond donors (Lipinski definition) is 2. The van der Waals surface area contributed by atoms with Crippen LogP contribution in [0.5, 0.6) is 0 Å². The first-order valence-corrected chi connectivity index (χ1v) is 7.04. The van der Waals surface area contributed by atoms with Crippen LogP contribution in [0.1, 0.15) is 13.8 Å². The highest BCUT2D eigenvalue weighted by atomic mass is 32.2. The normalized spacial score (nSPS) is 14.3. The number of imide groups is 1. The Morgan fingerprint density at radius 3 is 2.65 bits per heavy atom. The van der Waals surface area contributed by atoms with Crippen LogP contribution < -0.4 is 10.6 Å². The molecule has 1 saturated heterocycles. The maximum Gasteiger partial charge on any atom is 0.326 e. The molecule has 1 aliphatic rings. The fourth-order valence-corrected chi connectivity index (χ4v) is 2.20. The van der Waals surface area contributed by atoms with Gasteiger partial charge in [-0.25, -0.2) is 4.79 Å². The molecule has 0 saturated carbocycles. The van der Waals surface area contributed by atoms with E-state index in [1.807, 2.05) is 5.32 Å². The molecule has 9 heteroatoms. The van der Waals surface area contributed by atoms with E-state index in [0.29, 0.717) is 12.3 Å². The molecule has 0 unspecified atom stereocenters. The summed E-state index contributed by atoms with van der Waals surface area (Å²) in [6.45, 7) is 3.24. The predicted octanol–water partition coefficient (Wildman–Crippen LogP) is -0.0674. The zero-order valence-electron chi connectivity index (χ0n) is 11.3. The predicted molar refractivity (Wildman–Crippen MR) is 72.2 cm³/mol. The molecule has 0 aromatic heterocycles. The van der Waals surface area contributed by atoms with E-state index in [9.17, 15) is 19.2 Å². The third-order valence-corrected chi connectivity index (χ3v) is 3.09. The van der Waals surface area contributed by atoms with Gasteiger partial charge >= 0.3 is 12.0 Å². The lowest BCUT2D eigenvalue weighted by Crippen LogP contribution is -2.44. The van der Waals surface area contributed by atoms with Gasteiger partial charge in [0.05, 0.1) is 0 Å². The molecule has 0 aliphatic carbocycles. The number of thioether (sulfide) groups is 1. The third-order valence-electron chi connectivity index (χ3n) is 2.20. The fraction of sp³-hybridized carbons (Fsp3) is 0.636. The first-order valence-electron chi connectivity index (χ1n) is 6.06. The van der Waals surface area contributed by atoms with Crippen LogP contribution in [0.3, 0.4) is 0 Å². The van der Waals surface area contributed by atoms with Crippen LogP contribution in [0, 0.1) is 0 Å². The van der Waals surface area contributed by atoms with Crippen molar-refractivity contribution in [2.24, 2.45) is 0 Å². The van der Waals surface area contributed by atoms with Crippen LogP contribution in [-0.2, 0) is 14.3 Å². The smallest absolute Gasteiger partial charge is 0.326 e. The van der Waals surface area contributed by atoms with E-state index in [4.69, 9.17) is 0 Å². The Balaban J connectivity index is 2.21. The topological polar surface area (TPSA) is 105 Å². The van der Waals surface area contributed by atoms with Crippen LogP contribution >= 0.6 is 11.8 Å². The minimum absolute atomic E-state index is 0.107. The SMILES string of the molecule is CC(C)NC(=O)NC(=O)COC(=O)CN1CCSC1=O. The van der Waals surface area contributed by atoms with Gasteiger partial charge in [0.25, 0.3) is 11.1 Å². The molecule has 0 bridgehead atoms. The van der Waals surface area contributed by atoms with Crippen LogP contribution in [0.4, 0.5) is 9.59 Å². The van der Waals surface area contributed by atoms with Crippen molar-refractivity contribution in [2.75, 3.05) is 25.4 Å². The van der Waals surface area contributed by atoms with Crippen molar-refractivity contribution in [3.8, 4) is 0 Å². The number of rotatable bonds is 5. The van der Waals surface area contributed by atoms with Gasteiger partial charge in [0.1, 0.15) is 6.54 Å². The molecule has 1 rings (SSSR count).